The Morgan fingerprint density at radius 3 is 1.11 bits per heavy atom. The number of benzene rings is 6. The van der Waals surface area contributed by atoms with Crippen molar-refractivity contribution < 1.29 is 52.9 Å². The maximum atomic E-state index is 13.4. The Morgan fingerprint density at radius 1 is 0.462 bits per heavy atom. The summed E-state index contributed by atoms with van der Waals surface area (Å²) in [7, 11) is 3.67. The highest BCUT2D eigenvalue weighted by atomic mass is 79.9. The molecule has 0 radical (unpaired) electrons. The summed E-state index contributed by atoms with van der Waals surface area (Å²) in [5.41, 5.74) is 23.9. The predicted octanol–water partition coefficient (Wildman–Crippen LogP) is 7.39. The van der Waals surface area contributed by atoms with Crippen LogP contribution in [0.15, 0.2) is 147 Å². The molecular formula is C69H77BBrN9O11. The largest absolute Gasteiger partial charge is 0.488 e. The van der Waals surface area contributed by atoms with Crippen LogP contribution in [0.3, 0.4) is 0 Å². The van der Waals surface area contributed by atoms with E-state index in [0.717, 1.165) is 107 Å². The number of guanidine groups is 3. The van der Waals surface area contributed by atoms with E-state index in [4.69, 9.17) is 65.7 Å². The SMILES string of the molecule is CN1C(=O)C2(CC3(CCCOC3)Oc3ccc(Br)cc32)N=C1N.Cc1cccc(-c2ccc3c(c2)[C@]2(C[C@@]4(CCCOC4)O3)N=C(N)N(C)C2=O)c1.Cc1cccc(-c2ccc3c(c2)[C@]2(C[C@]4(CCCOC4)O3)N=C(N)N(C)C2=O)c1.Cc1cccc(B(O)O)c1. The topological polar surface area (TPSA) is 272 Å². The Labute approximate surface area is 538 Å². The number of aliphatic imine (C=N–C) groups is 3. The number of likely N-dealkylation sites (N-methyl/N-ethyl adjacent to an activating group) is 3. The molecule has 2 unspecified atom stereocenters. The fourth-order valence-electron chi connectivity index (χ4n) is 14.2. The number of ether oxygens (including phenoxy) is 6. The van der Waals surface area contributed by atoms with E-state index in [1.165, 1.54) is 25.8 Å². The number of rotatable bonds is 3. The van der Waals surface area contributed by atoms with E-state index in [2.05, 4.69) is 71.2 Å². The van der Waals surface area contributed by atoms with Crippen LogP contribution in [-0.2, 0) is 45.2 Å². The van der Waals surface area contributed by atoms with Gasteiger partial charge < -0.3 is 55.7 Å². The third-order valence-electron chi connectivity index (χ3n) is 18.8. The molecule has 474 valence electrons. The molecule has 15 rings (SSSR count). The van der Waals surface area contributed by atoms with Crippen molar-refractivity contribution in [3.05, 3.63) is 165 Å². The molecule has 3 fully saturated rings. The number of hydrogen-bond acceptors (Lipinski definition) is 17. The van der Waals surface area contributed by atoms with Gasteiger partial charge in [0.15, 0.2) is 34.5 Å². The molecule has 0 aliphatic carbocycles. The van der Waals surface area contributed by atoms with Gasteiger partial charge in [0.25, 0.3) is 17.7 Å². The van der Waals surface area contributed by atoms with E-state index in [0.29, 0.717) is 61.8 Å². The van der Waals surface area contributed by atoms with Crippen molar-refractivity contribution >= 4 is 64.1 Å². The highest BCUT2D eigenvalue weighted by Crippen LogP contribution is 2.55. The van der Waals surface area contributed by atoms with E-state index in [1.54, 1.807) is 39.3 Å². The van der Waals surface area contributed by atoms with Crippen molar-refractivity contribution in [1.29, 1.82) is 0 Å². The molecule has 0 aromatic heterocycles. The van der Waals surface area contributed by atoms with Crippen molar-refractivity contribution in [3.63, 3.8) is 0 Å². The predicted molar refractivity (Wildman–Crippen MR) is 351 cm³/mol. The molecule has 6 atom stereocenters. The average Bonchev–Trinajstić information content (AvgIpc) is 1.67. The molecule has 9 heterocycles. The summed E-state index contributed by atoms with van der Waals surface area (Å²) in [5, 5.41) is 17.4. The maximum absolute atomic E-state index is 13.4. The summed E-state index contributed by atoms with van der Waals surface area (Å²) in [4.78, 5) is 58.2. The molecule has 8 N–H and O–H groups in total. The van der Waals surface area contributed by atoms with Gasteiger partial charge in [-0.15, -0.1) is 0 Å². The number of nitrogens with zero attached hydrogens (tertiary/aromatic N) is 6. The van der Waals surface area contributed by atoms with Crippen LogP contribution >= 0.6 is 15.9 Å². The number of fused-ring (bicyclic) bond motifs is 6. The second kappa shape index (κ2) is 24.5. The molecule has 0 saturated carbocycles. The first kappa shape index (κ1) is 63.1. The second-order valence-electron chi connectivity index (χ2n) is 25.5. The van der Waals surface area contributed by atoms with E-state index in [1.807, 2.05) is 79.7 Å². The number of aryl methyl sites for hydroxylation is 3. The standard InChI is InChI=1S/2C23H25N3O3.C16H18BrN3O3.C7H9BO2/c2*1-15-5-3-6-16(11-15)17-7-8-19-18(12-17)23(20(27)26(2)21(24)25-23)13-22(29-19)9-4-10-28-14-22;1-20-13(21)16(19-14(20)18)8-15(5-2-6-22-9-15)23-12-4-3-10(17)7-11(12)16;1-6-3-2-4-7(5-6)8(9)10/h2*3,5-8,11-12H,4,9-10,13-14H2,1-2H3,(H2,24,25);3-4,7H,2,5-6,8-9H2,1H3,(H2,18,19);2-5,9-10H,1H3/t22-,23+;22-,23-;;/m10../s1. The van der Waals surface area contributed by atoms with Gasteiger partial charge in [0.1, 0.15) is 34.1 Å². The Balaban J connectivity index is 0.000000123. The van der Waals surface area contributed by atoms with Gasteiger partial charge in [-0.2, -0.15) is 0 Å². The summed E-state index contributed by atoms with van der Waals surface area (Å²) in [6, 6.07) is 41.5. The van der Waals surface area contributed by atoms with Crippen LogP contribution in [0.2, 0.25) is 0 Å². The minimum absolute atomic E-state index is 0.106. The van der Waals surface area contributed by atoms with Gasteiger partial charge in [-0.25, -0.2) is 15.0 Å². The summed E-state index contributed by atoms with van der Waals surface area (Å²) >= 11 is 3.47. The summed E-state index contributed by atoms with van der Waals surface area (Å²) in [6.07, 6.45) is 6.55. The van der Waals surface area contributed by atoms with Crippen LogP contribution in [-0.4, -0.2) is 145 Å². The van der Waals surface area contributed by atoms with Crippen molar-refractivity contribution in [2.45, 2.75) is 112 Å². The molecule has 91 heavy (non-hydrogen) atoms. The first-order chi connectivity index (χ1) is 43.5. The van der Waals surface area contributed by atoms with Gasteiger partial charge in [0.2, 0.25) is 0 Å². The van der Waals surface area contributed by atoms with Gasteiger partial charge in [-0.05, 0) is 129 Å². The number of carbonyl (C=O) groups is 3. The van der Waals surface area contributed by atoms with Crippen molar-refractivity contribution in [2.24, 2.45) is 32.2 Å². The zero-order valence-corrected chi connectivity index (χ0v) is 53.8. The number of nitrogens with two attached hydrogens (primary N) is 3. The van der Waals surface area contributed by atoms with Gasteiger partial charge in [-0.1, -0.05) is 118 Å². The summed E-state index contributed by atoms with van der Waals surface area (Å²) in [5.74, 6) is 2.49. The number of amides is 3. The molecule has 0 bridgehead atoms. The quantitative estimate of drug-likeness (QED) is 0.108. The lowest BCUT2D eigenvalue weighted by Crippen LogP contribution is -2.55. The third-order valence-corrected chi connectivity index (χ3v) is 19.3. The van der Waals surface area contributed by atoms with Crippen LogP contribution in [0.5, 0.6) is 17.2 Å². The molecule has 6 aromatic rings. The lowest BCUT2D eigenvalue weighted by molar-refractivity contribution is -0.139. The minimum atomic E-state index is -1.35. The first-order valence-corrected chi connectivity index (χ1v) is 31.7. The maximum Gasteiger partial charge on any atom is 0.488 e. The first-order valence-electron chi connectivity index (χ1n) is 30.9. The van der Waals surface area contributed by atoms with E-state index in [9.17, 15) is 14.4 Å². The van der Waals surface area contributed by atoms with E-state index in [-0.39, 0.29) is 35.6 Å². The number of hydrogen-bond donors (Lipinski definition) is 5. The average molecular weight is 1300 g/mol. The lowest BCUT2D eigenvalue weighted by atomic mass is 9.74. The molecule has 3 amide bonds. The van der Waals surface area contributed by atoms with Crippen molar-refractivity contribution in [2.75, 3.05) is 60.8 Å². The Bertz CT molecular complexity index is 3770. The van der Waals surface area contributed by atoms with Crippen LogP contribution in [0.25, 0.3) is 22.3 Å². The highest BCUT2D eigenvalue weighted by Gasteiger charge is 2.61. The van der Waals surface area contributed by atoms with Crippen LogP contribution in [0.4, 0.5) is 0 Å². The van der Waals surface area contributed by atoms with Crippen molar-refractivity contribution in [1.82, 2.24) is 14.7 Å². The lowest BCUT2D eigenvalue weighted by Gasteiger charge is -2.46. The fraction of sp³-hybridized carbons (Fsp3) is 0.391. The Kier molecular flexibility index (Phi) is 17.0. The van der Waals surface area contributed by atoms with Crippen LogP contribution < -0.4 is 36.9 Å². The number of halogens is 1. The molecule has 3 saturated heterocycles. The Hall–Kier alpha value is -8.12. The van der Waals surface area contributed by atoms with E-state index < -0.39 is 40.5 Å². The second-order valence-corrected chi connectivity index (χ2v) is 26.4. The van der Waals surface area contributed by atoms with Gasteiger partial charge in [0, 0.05) is 81.4 Å². The van der Waals surface area contributed by atoms with Gasteiger partial charge in [-0.3, -0.25) is 29.1 Å². The van der Waals surface area contributed by atoms with Gasteiger partial charge in [0.05, 0.1) is 19.8 Å². The molecule has 9 aliphatic heterocycles. The molecule has 6 spiro atoms. The third kappa shape index (κ3) is 11.8. The van der Waals surface area contributed by atoms with Gasteiger partial charge >= 0.3 is 7.12 Å². The molecule has 22 heteroatoms. The Morgan fingerprint density at radius 2 is 0.802 bits per heavy atom. The summed E-state index contributed by atoms with van der Waals surface area (Å²) < 4.78 is 37.3. The number of carbonyl (C=O) groups excluding carboxylic acids is 3. The smallest absolute Gasteiger partial charge is 0.484 e. The normalized spacial score (nSPS) is 27.5. The fourth-order valence-corrected chi connectivity index (χ4v) is 14.6. The highest BCUT2D eigenvalue weighted by molar-refractivity contribution is 9.10. The zero-order valence-electron chi connectivity index (χ0n) is 52.2. The molecular weight excluding hydrogens is 1220 g/mol. The van der Waals surface area contributed by atoms with E-state index >= 15 is 0 Å². The van der Waals surface area contributed by atoms with Crippen molar-refractivity contribution in [3.8, 4) is 39.5 Å². The molecule has 20 nitrogen and oxygen atoms in total. The molecule has 6 aromatic carbocycles. The molecule has 9 aliphatic rings. The minimum Gasteiger partial charge on any atom is -0.484 e. The zero-order chi connectivity index (χ0) is 64.3. The van der Waals surface area contributed by atoms with Crippen LogP contribution in [0, 0.1) is 20.8 Å². The monoisotopic (exact) mass is 1300 g/mol. The summed E-state index contributed by atoms with van der Waals surface area (Å²) in [6.45, 7) is 9.60. The van der Waals surface area contributed by atoms with Crippen LogP contribution in [0.1, 0.15) is 91.2 Å².